The lowest BCUT2D eigenvalue weighted by atomic mass is 10.1. The number of fused-ring (bicyclic) bond motifs is 3. The summed E-state index contributed by atoms with van der Waals surface area (Å²) in [5.74, 6) is 3.49. The van der Waals surface area contributed by atoms with Crippen LogP contribution in [0.4, 0.5) is 0 Å². The summed E-state index contributed by atoms with van der Waals surface area (Å²) in [5, 5.41) is 3.19. The van der Waals surface area contributed by atoms with Crippen LogP contribution in [0, 0.1) is 6.92 Å². The lowest BCUT2D eigenvalue weighted by molar-refractivity contribution is -0.759. The van der Waals surface area contributed by atoms with E-state index in [9.17, 15) is 0 Å². The van der Waals surface area contributed by atoms with Crippen molar-refractivity contribution in [2.75, 3.05) is 19.8 Å². The summed E-state index contributed by atoms with van der Waals surface area (Å²) in [6, 6.07) is 6.57. The zero-order valence-electron chi connectivity index (χ0n) is 21.7. The van der Waals surface area contributed by atoms with Gasteiger partial charge in [0, 0.05) is 24.9 Å². The van der Waals surface area contributed by atoms with Crippen LogP contribution in [-0.2, 0) is 22.6 Å². The highest BCUT2D eigenvalue weighted by atomic mass is 16.7. The molecule has 5 heterocycles. The Morgan fingerprint density at radius 2 is 2.14 bits per heavy atom. The number of imidazole rings is 2. The molecular weight excluding hydrogens is 470 g/mol. The van der Waals surface area contributed by atoms with Gasteiger partial charge in [-0.2, -0.15) is 5.10 Å². The Balaban J connectivity index is 1.27. The summed E-state index contributed by atoms with van der Waals surface area (Å²) >= 11 is 0. The third-order valence-corrected chi connectivity index (χ3v) is 7.05. The Hall–Kier alpha value is -3.50. The van der Waals surface area contributed by atoms with Crippen molar-refractivity contribution in [2.24, 2.45) is 0 Å². The maximum absolute atomic E-state index is 6.19. The van der Waals surface area contributed by atoms with Crippen molar-refractivity contribution in [3.63, 3.8) is 0 Å². The molecule has 0 amide bonds. The number of aromatic nitrogens is 7. The molecule has 0 aliphatic carbocycles. The molecule has 0 radical (unpaired) electrons. The molecule has 1 unspecified atom stereocenters. The first-order valence-corrected chi connectivity index (χ1v) is 13.1. The van der Waals surface area contributed by atoms with E-state index in [4.69, 9.17) is 19.2 Å². The molecule has 6 rings (SSSR count). The SMILES string of the molecule is Cc1ncc(-c2ccc3c(c2)OCCn2cc(-c4nc[nH][n+]4C(C)C)nc2-3)n1CCOC1CCCCO1. The van der Waals surface area contributed by atoms with Crippen LogP contribution in [0.25, 0.3) is 34.2 Å². The zero-order valence-corrected chi connectivity index (χ0v) is 21.7. The minimum Gasteiger partial charge on any atom is -0.491 e. The van der Waals surface area contributed by atoms with Crippen molar-refractivity contribution in [3.8, 4) is 39.9 Å². The number of aromatic amines is 1. The van der Waals surface area contributed by atoms with Crippen LogP contribution in [-0.4, -0.2) is 55.3 Å². The van der Waals surface area contributed by atoms with E-state index < -0.39 is 0 Å². The van der Waals surface area contributed by atoms with Gasteiger partial charge in [-0.3, -0.25) is 0 Å². The van der Waals surface area contributed by atoms with Gasteiger partial charge in [-0.15, -0.1) is 4.68 Å². The van der Waals surface area contributed by atoms with Crippen LogP contribution in [0.5, 0.6) is 5.75 Å². The average molecular weight is 505 g/mol. The van der Waals surface area contributed by atoms with Gasteiger partial charge in [0.05, 0.1) is 30.6 Å². The van der Waals surface area contributed by atoms with E-state index in [-0.39, 0.29) is 12.3 Å². The van der Waals surface area contributed by atoms with Gasteiger partial charge in [0.15, 0.2) is 12.0 Å². The predicted molar refractivity (Wildman–Crippen MR) is 137 cm³/mol. The summed E-state index contributed by atoms with van der Waals surface area (Å²) in [4.78, 5) is 14.1. The van der Waals surface area contributed by atoms with E-state index in [0.717, 1.165) is 78.2 Å². The van der Waals surface area contributed by atoms with E-state index in [0.29, 0.717) is 19.8 Å². The molecule has 1 fully saturated rings. The number of H-pyrrole nitrogens is 1. The standard InChI is InChI=1S/C27H33N7O3/c1-18(2)34-27(29-17-30-34)22-16-32-9-12-35-24-14-20(7-8-21(24)26(32)31-22)23-15-28-19(3)33(23)10-13-37-25-6-4-5-11-36-25/h7-8,14-18,25H,4-6,9-13H2,1-3H3/p+1. The molecule has 37 heavy (non-hydrogen) atoms. The van der Waals surface area contributed by atoms with E-state index >= 15 is 0 Å². The van der Waals surface area contributed by atoms with Crippen molar-refractivity contribution in [1.82, 2.24) is 29.2 Å². The van der Waals surface area contributed by atoms with Gasteiger partial charge >= 0.3 is 5.82 Å². The minimum absolute atomic E-state index is 0.0907. The second-order valence-electron chi connectivity index (χ2n) is 9.89. The number of nitrogens with zero attached hydrogens (tertiary/aromatic N) is 6. The molecule has 3 aromatic heterocycles. The number of ether oxygens (including phenoxy) is 3. The predicted octanol–water partition coefficient (Wildman–Crippen LogP) is 3.92. The normalized spacial score (nSPS) is 17.4. The van der Waals surface area contributed by atoms with Crippen molar-refractivity contribution < 1.29 is 18.9 Å². The van der Waals surface area contributed by atoms with Crippen molar-refractivity contribution in [2.45, 2.75) is 65.5 Å². The number of hydrogen-bond acceptors (Lipinski definition) is 6. The number of rotatable bonds is 7. The van der Waals surface area contributed by atoms with Gasteiger partial charge in [0.25, 0.3) is 0 Å². The first-order valence-electron chi connectivity index (χ1n) is 13.1. The summed E-state index contributed by atoms with van der Waals surface area (Å²) in [6.45, 7) is 9.64. The average Bonchev–Trinajstić information content (AvgIpc) is 3.62. The third-order valence-electron chi connectivity index (χ3n) is 7.05. The molecule has 4 aromatic rings. The summed E-state index contributed by atoms with van der Waals surface area (Å²) in [7, 11) is 0. The molecular formula is C27H34N7O3+. The first-order chi connectivity index (χ1) is 18.1. The van der Waals surface area contributed by atoms with Gasteiger partial charge in [-0.05, 0) is 57.2 Å². The second-order valence-corrected chi connectivity index (χ2v) is 9.89. The van der Waals surface area contributed by atoms with Crippen molar-refractivity contribution >= 4 is 0 Å². The zero-order chi connectivity index (χ0) is 25.4. The van der Waals surface area contributed by atoms with Gasteiger partial charge in [0.2, 0.25) is 6.33 Å². The van der Waals surface area contributed by atoms with E-state index in [1.54, 1.807) is 6.33 Å². The molecule has 1 N–H and O–H groups in total. The number of aryl methyl sites for hydroxylation is 1. The first kappa shape index (κ1) is 23.9. The van der Waals surface area contributed by atoms with Crippen LogP contribution < -0.4 is 9.42 Å². The maximum Gasteiger partial charge on any atom is 0.371 e. The highest BCUT2D eigenvalue weighted by Gasteiger charge is 2.26. The molecule has 1 aromatic carbocycles. The van der Waals surface area contributed by atoms with Crippen LogP contribution in [0.1, 0.15) is 45.0 Å². The maximum atomic E-state index is 6.19. The van der Waals surface area contributed by atoms with Crippen LogP contribution >= 0.6 is 0 Å². The van der Waals surface area contributed by atoms with Gasteiger partial charge in [-0.1, -0.05) is 6.07 Å². The van der Waals surface area contributed by atoms with Gasteiger partial charge in [0.1, 0.15) is 30.0 Å². The van der Waals surface area contributed by atoms with Crippen molar-refractivity contribution in [1.29, 1.82) is 0 Å². The Kier molecular flexibility index (Phi) is 6.52. The molecule has 0 saturated carbocycles. The number of benzene rings is 1. The van der Waals surface area contributed by atoms with Gasteiger partial charge < -0.3 is 23.3 Å². The fraction of sp³-hybridized carbons (Fsp3) is 0.481. The minimum atomic E-state index is -0.0907. The molecule has 2 aliphatic heterocycles. The summed E-state index contributed by atoms with van der Waals surface area (Å²) in [5.41, 5.74) is 3.91. The lowest BCUT2D eigenvalue weighted by Gasteiger charge is -2.23. The summed E-state index contributed by atoms with van der Waals surface area (Å²) in [6.07, 6.45) is 8.85. The van der Waals surface area contributed by atoms with E-state index in [1.165, 1.54) is 0 Å². The highest BCUT2D eigenvalue weighted by Crippen LogP contribution is 2.36. The fourth-order valence-corrected chi connectivity index (χ4v) is 5.11. The van der Waals surface area contributed by atoms with Crippen LogP contribution in [0.15, 0.2) is 36.9 Å². The molecule has 10 nitrogen and oxygen atoms in total. The molecule has 2 aliphatic rings. The molecule has 194 valence electrons. The van der Waals surface area contributed by atoms with E-state index in [1.807, 2.05) is 17.8 Å². The third kappa shape index (κ3) is 4.67. The smallest absolute Gasteiger partial charge is 0.371 e. The monoisotopic (exact) mass is 504 g/mol. The quantitative estimate of drug-likeness (QED) is 0.384. The topological polar surface area (TPSA) is 95.9 Å². The Morgan fingerprint density at radius 1 is 1.22 bits per heavy atom. The molecule has 0 spiro atoms. The fourth-order valence-electron chi connectivity index (χ4n) is 5.11. The molecule has 1 atom stereocenters. The largest absolute Gasteiger partial charge is 0.491 e. The number of nitrogens with one attached hydrogen (secondary N) is 1. The molecule has 1 saturated heterocycles. The lowest BCUT2D eigenvalue weighted by Crippen LogP contribution is -2.40. The number of hydrogen-bond donors (Lipinski definition) is 1. The van der Waals surface area contributed by atoms with Gasteiger partial charge in [-0.25, -0.2) is 9.97 Å². The summed E-state index contributed by atoms with van der Waals surface area (Å²) < 4.78 is 24.3. The molecule has 10 heteroatoms. The van der Waals surface area contributed by atoms with Crippen LogP contribution in [0.2, 0.25) is 0 Å². The second kappa shape index (κ2) is 10.1. The molecule has 0 bridgehead atoms. The Bertz CT molecular complexity index is 1380. The Morgan fingerprint density at radius 3 is 2.97 bits per heavy atom. The highest BCUT2D eigenvalue weighted by molar-refractivity contribution is 5.73. The Labute approximate surface area is 216 Å². The van der Waals surface area contributed by atoms with Crippen molar-refractivity contribution in [3.05, 3.63) is 42.7 Å². The van der Waals surface area contributed by atoms with Crippen LogP contribution in [0.3, 0.4) is 0 Å². The van der Waals surface area contributed by atoms with E-state index in [2.05, 4.69) is 62.4 Å².